The van der Waals surface area contributed by atoms with Gasteiger partial charge in [0.2, 0.25) is 0 Å². The highest BCUT2D eigenvalue weighted by Crippen LogP contribution is 2.58. The summed E-state index contributed by atoms with van der Waals surface area (Å²) in [6, 6.07) is 0. The average molecular weight is 470 g/mol. The Morgan fingerprint density at radius 2 is 1.79 bits per heavy atom. The maximum atomic E-state index is 12.5. The Morgan fingerprint density at radius 3 is 2.38 bits per heavy atom. The molecule has 0 radical (unpaired) electrons. The molecule has 2 aliphatic heterocycles. The number of carboxylic acid groups (broad SMARTS) is 1. The summed E-state index contributed by atoms with van der Waals surface area (Å²) >= 11 is 0. The molecule has 0 amide bonds. The van der Waals surface area contributed by atoms with Crippen molar-refractivity contribution in [2.75, 3.05) is 13.2 Å². The van der Waals surface area contributed by atoms with Crippen LogP contribution in [0.15, 0.2) is 65.2 Å². The zero-order valence-corrected chi connectivity index (χ0v) is 20.4. The van der Waals surface area contributed by atoms with Crippen LogP contribution in [0.4, 0.5) is 0 Å². The van der Waals surface area contributed by atoms with Crippen LogP contribution in [0.2, 0.25) is 0 Å². The van der Waals surface area contributed by atoms with Gasteiger partial charge in [0.25, 0.3) is 0 Å². The second-order valence-electron chi connectivity index (χ2n) is 9.28. The Hall–Kier alpha value is -2.77. The molecule has 3 fully saturated rings. The molecule has 0 aromatic rings. The van der Waals surface area contributed by atoms with Gasteiger partial charge in [0.05, 0.1) is 24.3 Å². The first-order valence-electron chi connectivity index (χ1n) is 11.8. The van der Waals surface area contributed by atoms with Crippen LogP contribution in [0.5, 0.6) is 0 Å². The standard InChI is InChI=1S/C27H35NO6/c1-5-28-24-20(33-23(31)13-11-9-7-6-8-10-12-22(29)30)16-17-27(18-32-27)25(24)26(4)21(34-26)15-14-19(2)3/h6-14,20-21,25H,5,15-18H2,1-4H3,(H,29,30)/b8-6+,9-7+,12-10+,13-11+,28-24+/t20-,21?,25?,26-,27+/m1/s1. The number of esters is 1. The van der Waals surface area contributed by atoms with Crippen molar-refractivity contribution in [3.8, 4) is 0 Å². The summed E-state index contributed by atoms with van der Waals surface area (Å²) in [4.78, 5) is 27.7. The number of hydrogen-bond donors (Lipinski definition) is 1. The van der Waals surface area contributed by atoms with Crippen LogP contribution in [-0.4, -0.2) is 59.3 Å². The fourth-order valence-corrected chi connectivity index (χ4v) is 4.70. The van der Waals surface area contributed by atoms with Crippen molar-refractivity contribution in [2.24, 2.45) is 10.9 Å². The van der Waals surface area contributed by atoms with Crippen molar-refractivity contribution in [3.63, 3.8) is 0 Å². The molecular formula is C27H35NO6. The predicted octanol–water partition coefficient (Wildman–Crippen LogP) is 4.36. The minimum Gasteiger partial charge on any atom is -0.478 e. The zero-order valence-electron chi connectivity index (χ0n) is 20.4. The van der Waals surface area contributed by atoms with Gasteiger partial charge in [0, 0.05) is 18.7 Å². The van der Waals surface area contributed by atoms with E-state index in [1.165, 1.54) is 17.7 Å². The van der Waals surface area contributed by atoms with E-state index in [2.05, 4.69) is 26.8 Å². The van der Waals surface area contributed by atoms with Crippen molar-refractivity contribution in [3.05, 3.63) is 60.3 Å². The third-order valence-electron chi connectivity index (χ3n) is 6.41. The molecule has 1 aliphatic carbocycles. The molecule has 184 valence electrons. The van der Waals surface area contributed by atoms with Crippen LogP contribution in [0, 0.1) is 5.92 Å². The maximum Gasteiger partial charge on any atom is 0.331 e. The number of carbonyl (C=O) groups is 2. The summed E-state index contributed by atoms with van der Waals surface area (Å²) in [7, 11) is 0. The molecule has 0 bridgehead atoms. The molecule has 1 spiro atoms. The second-order valence-corrected chi connectivity index (χ2v) is 9.28. The first-order valence-corrected chi connectivity index (χ1v) is 11.8. The summed E-state index contributed by atoms with van der Waals surface area (Å²) in [5.74, 6) is -1.46. The molecule has 3 aliphatic rings. The number of allylic oxidation sites excluding steroid dienone is 7. The number of carbonyl (C=O) groups excluding carboxylic acids is 1. The molecular weight excluding hydrogens is 434 g/mol. The molecule has 2 unspecified atom stereocenters. The van der Waals surface area contributed by atoms with E-state index in [1.807, 2.05) is 6.92 Å². The van der Waals surface area contributed by atoms with Gasteiger partial charge in [-0.3, -0.25) is 4.99 Å². The summed E-state index contributed by atoms with van der Waals surface area (Å²) < 4.78 is 18.0. The Morgan fingerprint density at radius 1 is 1.15 bits per heavy atom. The van der Waals surface area contributed by atoms with E-state index in [-0.39, 0.29) is 23.2 Å². The molecule has 7 heteroatoms. The lowest BCUT2D eigenvalue weighted by Crippen LogP contribution is -2.52. The minimum absolute atomic E-state index is 0.0325. The molecule has 1 N–H and O–H groups in total. The van der Waals surface area contributed by atoms with Crippen molar-refractivity contribution in [1.29, 1.82) is 0 Å². The van der Waals surface area contributed by atoms with Gasteiger partial charge < -0.3 is 19.3 Å². The molecule has 2 saturated heterocycles. The van der Waals surface area contributed by atoms with Crippen LogP contribution >= 0.6 is 0 Å². The largest absolute Gasteiger partial charge is 0.478 e. The first-order chi connectivity index (χ1) is 16.2. The Bertz CT molecular complexity index is 948. The lowest BCUT2D eigenvalue weighted by Gasteiger charge is -2.38. The highest BCUT2D eigenvalue weighted by Gasteiger charge is 2.71. The van der Waals surface area contributed by atoms with Crippen LogP contribution in [-0.2, 0) is 23.8 Å². The van der Waals surface area contributed by atoms with Crippen LogP contribution in [0.1, 0.15) is 47.0 Å². The molecule has 34 heavy (non-hydrogen) atoms. The number of nitrogens with zero attached hydrogens (tertiary/aromatic N) is 1. The zero-order chi connectivity index (χ0) is 24.8. The van der Waals surface area contributed by atoms with E-state index in [1.54, 1.807) is 30.4 Å². The van der Waals surface area contributed by atoms with Gasteiger partial charge in [-0.05, 0) is 47.0 Å². The van der Waals surface area contributed by atoms with Gasteiger partial charge in [0.1, 0.15) is 17.3 Å². The highest BCUT2D eigenvalue weighted by molar-refractivity contribution is 5.97. The second kappa shape index (κ2) is 11.1. The van der Waals surface area contributed by atoms with E-state index in [9.17, 15) is 9.59 Å². The first kappa shape index (κ1) is 25.8. The highest BCUT2D eigenvalue weighted by atomic mass is 16.6. The molecule has 5 atom stereocenters. The van der Waals surface area contributed by atoms with Crippen LogP contribution < -0.4 is 0 Å². The molecule has 7 nitrogen and oxygen atoms in total. The smallest absolute Gasteiger partial charge is 0.331 e. The number of epoxide rings is 2. The van der Waals surface area contributed by atoms with Gasteiger partial charge in [0.15, 0.2) is 0 Å². The monoisotopic (exact) mass is 469 g/mol. The van der Waals surface area contributed by atoms with Crippen LogP contribution in [0.3, 0.4) is 0 Å². The number of rotatable bonds is 10. The Kier molecular flexibility index (Phi) is 8.44. The van der Waals surface area contributed by atoms with Gasteiger partial charge in [-0.25, -0.2) is 9.59 Å². The van der Waals surface area contributed by atoms with Crippen LogP contribution in [0.25, 0.3) is 0 Å². The van der Waals surface area contributed by atoms with Gasteiger partial charge in [-0.1, -0.05) is 48.1 Å². The fraction of sp³-hybridized carbons (Fsp3) is 0.519. The van der Waals surface area contributed by atoms with E-state index in [0.29, 0.717) is 19.6 Å². The lowest BCUT2D eigenvalue weighted by molar-refractivity contribution is -0.141. The molecule has 0 aromatic heterocycles. The molecule has 3 rings (SSSR count). The van der Waals surface area contributed by atoms with E-state index in [4.69, 9.17) is 24.3 Å². The quantitative estimate of drug-likeness (QED) is 0.168. The normalized spacial score (nSPS) is 34.0. The lowest BCUT2D eigenvalue weighted by atomic mass is 9.68. The van der Waals surface area contributed by atoms with Crippen molar-refractivity contribution < 1.29 is 28.9 Å². The van der Waals surface area contributed by atoms with Gasteiger partial charge in [-0.15, -0.1) is 0 Å². The number of hydrogen-bond acceptors (Lipinski definition) is 6. The Labute approximate surface area is 201 Å². The minimum atomic E-state index is -1.00. The van der Waals surface area contributed by atoms with E-state index >= 15 is 0 Å². The summed E-state index contributed by atoms with van der Waals surface area (Å²) in [5, 5.41) is 8.53. The molecule has 2 heterocycles. The van der Waals surface area contributed by atoms with E-state index < -0.39 is 18.0 Å². The third kappa shape index (κ3) is 6.42. The third-order valence-corrected chi connectivity index (χ3v) is 6.41. The molecule has 1 saturated carbocycles. The predicted molar refractivity (Wildman–Crippen MR) is 131 cm³/mol. The maximum absolute atomic E-state index is 12.5. The molecule has 0 aromatic carbocycles. The van der Waals surface area contributed by atoms with Crippen molar-refractivity contribution >= 4 is 17.7 Å². The van der Waals surface area contributed by atoms with Crippen molar-refractivity contribution in [1.82, 2.24) is 0 Å². The number of aliphatic imine (C=N–C) groups is 1. The summed E-state index contributed by atoms with van der Waals surface area (Å²) in [6.45, 7) is 9.57. The number of carboxylic acids is 1. The topological polar surface area (TPSA) is 101 Å². The van der Waals surface area contributed by atoms with Gasteiger partial charge >= 0.3 is 11.9 Å². The average Bonchev–Trinajstić information content (AvgIpc) is 3.68. The number of ether oxygens (including phenoxy) is 3. The fourth-order valence-electron chi connectivity index (χ4n) is 4.70. The SMILES string of the molecule is CC/N=C1/C([C@]2(C)OC2CC=C(C)C)[C@]2(CC[C@H]1OC(=O)/C=C/C=C/C=C/C=C/C(=O)O)CO2. The van der Waals surface area contributed by atoms with Crippen molar-refractivity contribution in [2.45, 2.75) is 70.4 Å². The van der Waals surface area contributed by atoms with E-state index in [0.717, 1.165) is 24.6 Å². The Balaban J connectivity index is 1.65. The number of aliphatic carboxylic acids is 1. The summed E-state index contributed by atoms with van der Waals surface area (Å²) in [6.07, 6.45) is 16.3. The van der Waals surface area contributed by atoms with Gasteiger partial charge in [-0.2, -0.15) is 0 Å². The summed E-state index contributed by atoms with van der Waals surface area (Å²) in [5.41, 5.74) is 1.51.